The van der Waals surface area contributed by atoms with Crippen LogP contribution in [0.4, 0.5) is 0 Å². The molecule has 3 aliphatic rings. The van der Waals surface area contributed by atoms with E-state index in [-0.39, 0.29) is 0 Å². The third kappa shape index (κ3) is 4.53. The summed E-state index contributed by atoms with van der Waals surface area (Å²) in [5.41, 5.74) is 19.7. The van der Waals surface area contributed by atoms with E-state index in [0.717, 1.165) is 33.2 Å². The maximum absolute atomic E-state index is 5.64. The Morgan fingerprint density at radius 2 is 0.841 bits per heavy atom. The van der Waals surface area contributed by atoms with Crippen molar-refractivity contribution in [3.8, 4) is 39.5 Å². The Morgan fingerprint density at radius 1 is 0.333 bits per heavy atom. The van der Waals surface area contributed by atoms with Crippen molar-refractivity contribution in [3.63, 3.8) is 0 Å². The quantitative estimate of drug-likeness (QED) is 0.173. The molecule has 69 heavy (non-hydrogen) atoms. The predicted octanol–water partition coefficient (Wildman–Crippen LogP) is 15.7. The molecule has 2 spiro atoms. The molecular weight excluding hydrogens is 835 g/mol. The van der Waals surface area contributed by atoms with E-state index in [2.05, 4.69) is 241 Å². The van der Waals surface area contributed by atoms with Gasteiger partial charge in [-0.05, 0) is 101 Å². The number of benzene rings is 11. The average molecular weight is 874 g/mol. The zero-order valence-corrected chi connectivity index (χ0v) is 37.4. The number of nitrogens with zero attached hydrogens (tertiary/aromatic N) is 3. The van der Waals surface area contributed by atoms with E-state index in [0.29, 0.717) is 5.95 Å². The van der Waals surface area contributed by atoms with Gasteiger partial charge in [0.15, 0.2) is 0 Å². The third-order valence-corrected chi connectivity index (χ3v) is 16.1. The van der Waals surface area contributed by atoms with Gasteiger partial charge in [-0.1, -0.05) is 218 Å². The van der Waals surface area contributed by atoms with Gasteiger partial charge in [-0.2, -0.15) is 0 Å². The standard InChI is InChI=1S/C66H39N3/c1-2-19-42-39-43(34-33-40(42)17-1)62-48-24-8-16-32-58(48)67-64(68-62)69-59-38-37-57-60(61(59)49-36-35-41-18-3-4-20-44(41)63(49)69)47-23-7-11-27-52(47)66(57)55-30-14-12-28-53(55)65(54-29-13-15-31-56(54)66)50-25-9-5-21-45(50)46-22-6-10-26-51(46)65/h1-39H. The van der Waals surface area contributed by atoms with Crippen LogP contribution in [-0.2, 0) is 10.8 Å². The maximum Gasteiger partial charge on any atom is 0.235 e. The lowest BCUT2D eigenvalue weighted by Gasteiger charge is -2.48. The van der Waals surface area contributed by atoms with Crippen LogP contribution in [0.3, 0.4) is 0 Å². The van der Waals surface area contributed by atoms with Crippen molar-refractivity contribution in [2.45, 2.75) is 10.8 Å². The first-order valence-corrected chi connectivity index (χ1v) is 24.0. The second-order valence-corrected chi connectivity index (χ2v) is 19.1. The lowest BCUT2D eigenvalue weighted by molar-refractivity contribution is 0.633. The molecule has 0 saturated heterocycles. The summed E-state index contributed by atoms with van der Waals surface area (Å²) in [4.78, 5) is 11.1. The molecule has 2 aromatic heterocycles. The molecule has 0 unspecified atom stereocenters. The van der Waals surface area contributed by atoms with Crippen molar-refractivity contribution in [3.05, 3.63) is 281 Å². The van der Waals surface area contributed by atoms with Gasteiger partial charge in [-0.3, -0.25) is 4.57 Å². The predicted molar refractivity (Wildman–Crippen MR) is 282 cm³/mol. The molecule has 318 valence electrons. The molecule has 0 aliphatic heterocycles. The largest absolute Gasteiger partial charge is 0.277 e. The minimum absolute atomic E-state index is 0.501. The fraction of sp³-hybridized carbons (Fsp3) is 0.0303. The summed E-state index contributed by atoms with van der Waals surface area (Å²) in [6, 6.07) is 88.1. The van der Waals surface area contributed by atoms with Crippen molar-refractivity contribution in [1.29, 1.82) is 0 Å². The molecule has 11 aromatic carbocycles. The van der Waals surface area contributed by atoms with E-state index in [1.54, 1.807) is 0 Å². The van der Waals surface area contributed by atoms with E-state index in [9.17, 15) is 0 Å². The van der Waals surface area contributed by atoms with Gasteiger partial charge in [-0.25, -0.2) is 9.97 Å². The van der Waals surface area contributed by atoms with Gasteiger partial charge in [0.1, 0.15) is 0 Å². The zero-order chi connectivity index (χ0) is 45.0. The monoisotopic (exact) mass is 873 g/mol. The van der Waals surface area contributed by atoms with E-state index in [1.165, 1.54) is 99.1 Å². The molecule has 3 heteroatoms. The molecule has 13 aromatic rings. The molecule has 3 nitrogen and oxygen atoms in total. The molecule has 0 radical (unpaired) electrons. The fourth-order valence-electron chi connectivity index (χ4n) is 13.5. The summed E-state index contributed by atoms with van der Waals surface area (Å²) in [7, 11) is 0. The van der Waals surface area contributed by atoms with E-state index in [4.69, 9.17) is 9.97 Å². The Hall–Kier alpha value is -8.92. The van der Waals surface area contributed by atoms with Gasteiger partial charge in [0.25, 0.3) is 0 Å². The third-order valence-electron chi connectivity index (χ3n) is 16.1. The van der Waals surface area contributed by atoms with Crippen LogP contribution in [0.5, 0.6) is 0 Å². The van der Waals surface area contributed by atoms with Crippen LogP contribution in [-0.4, -0.2) is 14.5 Å². The highest BCUT2D eigenvalue weighted by atomic mass is 15.2. The van der Waals surface area contributed by atoms with E-state index in [1.807, 2.05) is 0 Å². The second kappa shape index (κ2) is 13.4. The van der Waals surface area contributed by atoms with Crippen LogP contribution >= 0.6 is 0 Å². The van der Waals surface area contributed by atoms with Gasteiger partial charge >= 0.3 is 0 Å². The second-order valence-electron chi connectivity index (χ2n) is 19.1. The molecule has 0 saturated carbocycles. The van der Waals surface area contributed by atoms with Crippen LogP contribution in [0.25, 0.3) is 93.7 Å². The Kier molecular flexibility index (Phi) is 7.21. The van der Waals surface area contributed by atoms with Crippen LogP contribution in [0.2, 0.25) is 0 Å². The van der Waals surface area contributed by atoms with Gasteiger partial charge in [0, 0.05) is 27.1 Å². The highest BCUT2D eigenvalue weighted by Gasteiger charge is 2.59. The normalized spacial score (nSPS) is 14.3. The SMILES string of the molecule is c1ccc2c(c1)-c1ccccc1C21c2ccccc2C2(c3ccccc3-c3c2ccc2c3c3ccc4ccccc4c3n2-c2nc(-c3ccc4ccccc4c3)c3ccccc3n2)c2ccccc21. The maximum atomic E-state index is 5.64. The van der Waals surface area contributed by atoms with E-state index < -0.39 is 10.8 Å². The minimum atomic E-state index is -0.612. The lowest BCUT2D eigenvalue weighted by Crippen LogP contribution is -2.43. The fourth-order valence-corrected chi connectivity index (χ4v) is 13.5. The van der Waals surface area contributed by atoms with Crippen molar-refractivity contribution >= 4 is 54.3 Å². The Balaban J connectivity index is 1.04. The summed E-state index contributed by atoms with van der Waals surface area (Å²) in [6.45, 7) is 0. The number of hydrogen-bond donors (Lipinski definition) is 0. The Morgan fingerprint density at radius 3 is 1.52 bits per heavy atom. The molecule has 0 bridgehead atoms. The van der Waals surface area contributed by atoms with Crippen molar-refractivity contribution < 1.29 is 0 Å². The van der Waals surface area contributed by atoms with Crippen LogP contribution in [0.1, 0.15) is 44.5 Å². The van der Waals surface area contributed by atoms with Crippen LogP contribution < -0.4 is 0 Å². The van der Waals surface area contributed by atoms with Crippen molar-refractivity contribution in [1.82, 2.24) is 14.5 Å². The molecule has 0 atom stereocenters. The molecule has 3 aliphatic carbocycles. The molecule has 16 rings (SSSR count). The topological polar surface area (TPSA) is 30.7 Å². The Bertz CT molecular complexity index is 4310. The average Bonchev–Trinajstić information content (AvgIpc) is 4.03. The minimum Gasteiger partial charge on any atom is -0.277 e. The Labute approximate surface area is 398 Å². The summed E-state index contributed by atoms with van der Waals surface area (Å²) < 4.78 is 2.36. The van der Waals surface area contributed by atoms with Crippen molar-refractivity contribution in [2.24, 2.45) is 0 Å². The highest BCUT2D eigenvalue weighted by Crippen LogP contribution is 2.68. The van der Waals surface area contributed by atoms with E-state index >= 15 is 0 Å². The first kappa shape index (κ1) is 37.2. The van der Waals surface area contributed by atoms with Gasteiger partial charge in [-0.15, -0.1) is 0 Å². The summed E-state index contributed by atoms with van der Waals surface area (Å²) >= 11 is 0. The van der Waals surface area contributed by atoms with Gasteiger partial charge in [0.05, 0.1) is 33.1 Å². The molecule has 0 N–H and O–H groups in total. The summed E-state index contributed by atoms with van der Waals surface area (Å²) in [5.74, 6) is 0.656. The zero-order valence-electron chi connectivity index (χ0n) is 37.4. The number of hydrogen-bond acceptors (Lipinski definition) is 2. The highest BCUT2D eigenvalue weighted by molar-refractivity contribution is 6.24. The first-order valence-electron chi connectivity index (χ1n) is 24.0. The summed E-state index contributed by atoms with van der Waals surface area (Å²) in [5, 5.41) is 8.16. The van der Waals surface area contributed by atoms with Gasteiger partial charge < -0.3 is 0 Å². The van der Waals surface area contributed by atoms with Gasteiger partial charge in [0.2, 0.25) is 5.95 Å². The lowest BCUT2D eigenvalue weighted by atomic mass is 9.52. The summed E-state index contributed by atoms with van der Waals surface area (Å²) in [6.07, 6.45) is 0. The number of fused-ring (bicyclic) bond motifs is 24. The van der Waals surface area contributed by atoms with Crippen LogP contribution in [0, 0.1) is 0 Å². The smallest absolute Gasteiger partial charge is 0.235 e. The molecule has 0 fully saturated rings. The number of aromatic nitrogens is 3. The molecule has 2 heterocycles. The molecular formula is C66H39N3. The van der Waals surface area contributed by atoms with Crippen LogP contribution in [0.15, 0.2) is 237 Å². The first-order chi connectivity index (χ1) is 34.2. The number of para-hydroxylation sites is 1. The number of rotatable bonds is 2. The van der Waals surface area contributed by atoms with Crippen molar-refractivity contribution in [2.75, 3.05) is 0 Å². The molecule has 0 amide bonds.